The molecule has 1 aliphatic rings. The van der Waals surface area contributed by atoms with Gasteiger partial charge in [-0.2, -0.15) is 0 Å². The summed E-state index contributed by atoms with van der Waals surface area (Å²) in [5.41, 5.74) is 4.79. The molecule has 0 saturated carbocycles. The van der Waals surface area contributed by atoms with Crippen molar-refractivity contribution < 1.29 is 24.2 Å². The van der Waals surface area contributed by atoms with Crippen molar-refractivity contribution in [3.05, 3.63) is 123 Å². The van der Waals surface area contributed by atoms with Crippen molar-refractivity contribution in [1.29, 1.82) is 0 Å². The molecule has 4 N–H and O–H groups in total. The second kappa shape index (κ2) is 14.7. The summed E-state index contributed by atoms with van der Waals surface area (Å²) in [7, 11) is 1.33. The van der Waals surface area contributed by atoms with Crippen molar-refractivity contribution in [3.63, 3.8) is 0 Å². The van der Waals surface area contributed by atoms with E-state index in [-0.39, 0.29) is 12.5 Å². The highest BCUT2D eigenvalue weighted by atomic mass is 35.5. The minimum absolute atomic E-state index is 0.191. The van der Waals surface area contributed by atoms with Crippen LogP contribution >= 0.6 is 11.6 Å². The number of methoxy groups -OCH3 is 1. The second-order valence-corrected chi connectivity index (χ2v) is 10.5. The minimum Gasteiger partial charge on any atom is -0.491 e. The molecule has 3 aromatic rings. The van der Waals surface area contributed by atoms with Crippen LogP contribution in [0.25, 0.3) is 0 Å². The lowest BCUT2D eigenvalue weighted by Gasteiger charge is -2.30. The Morgan fingerprint density at radius 2 is 1.60 bits per heavy atom. The SMILES string of the molecule is COC(=O)C1=C(C)NC(C)=C(C(=O)NCc2cccc(CNCC(O)COc3ccccc3)c2)C1c1ccc(Cl)cc1. The Morgan fingerprint density at radius 3 is 2.29 bits per heavy atom. The topological polar surface area (TPSA) is 109 Å². The van der Waals surface area contributed by atoms with E-state index < -0.39 is 18.0 Å². The summed E-state index contributed by atoms with van der Waals surface area (Å²) in [6.45, 7) is 5.01. The summed E-state index contributed by atoms with van der Waals surface area (Å²) in [6, 6.07) is 24.3. The molecule has 1 heterocycles. The number of halogens is 1. The minimum atomic E-state index is -0.658. The Kier molecular flexibility index (Phi) is 10.8. The molecule has 1 aliphatic heterocycles. The third kappa shape index (κ3) is 8.00. The Morgan fingerprint density at radius 1 is 0.929 bits per heavy atom. The van der Waals surface area contributed by atoms with Gasteiger partial charge >= 0.3 is 5.97 Å². The number of dihydropyridines is 1. The fraction of sp³-hybridized carbons (Fsp3) is 0.273. The first-order valence-corrected chi connectivity index (χ1v) is 14.1. The third-order valence-electron chi connectivity index (χ3n) is 6.95. The van der Waals surface area contributed by atoms with Gasteiger partial charge in [-0.05, 0) is 54.8 Å². The average Bonchev–Trinajstić information content (AvgIpc) is 2.99. The number of hydrogen-bond acceptors (Lipinski definition) is 7. The molecule has 0 spiro atoms. The van der Waals surface area contributed by atoms with Gasteiger partial charge in [0.05, 0.1) is 18.6 Å². The first kappa shape index (κ1) is 30.8. The molecule has 2 unspecified atom stereocenters. The number of allylic oxidation sites excluding steroid dienone is 2. The highest BCUT2D eigenvalue weighted by molar-refractivity contribution is 6.30. The van der Waals surface area contributed by atoms with Gasteiger partial charge in [-0.3, -0.25) is 4.79 Å². The summed E-state index contributed by atoms with van der Waals surface area (Å²) < 4.78 is 10.7. The van der Waals surface area contributed by atoms with Crippen LogP contribution in [0, 0.1) is 0 Å². The molecule has 0 saturated heterocycles. The van der Waals surface area contributed by atoms with E-state index in [1.165, 1.54) is 7.11 Å². The van der Waals surface area contributed by atoms with Gasteiger partial charge in [0.15, 0.2) is 0 Å². The van der Waals surface area contributed by atoms with Gasteiger partial charge in [-0.15, -0.1) is 0 Å². The Bertz CT molecular complexity index is 1450. The maximum Gasteiger partial charge on any atom is 0.336 e. The van der Waals surface area contributed by atoms with Crippen LogP contribution < -0.4 is 20.7 Å². The van der Waals surface area contributed by atoms with Crippen LogP contribution in [0.15, 0.2) is 101 Å². The number of hydrogen-bond donors (Lipinski definition) is 4. The van der Waals surface area contributed by atoms with E-state index in [1.807, 2.05) is 73.7 Å². The number of carbonyl (C=O) groups is 2. The number of rotatable bonds is 12. The molecule has 42 heavy (non-hydrogen) atoms. The van der Waals surface area contributed by atoms with Crippen LogP contribution in [0.3, 0.4) is 0 Å². The number of ether oxygens (including phenoxy) is 2. The van der Waals surface area contributed by atoms with E-state index in [1.54, 1.807) is 19.1 Å². The molecular formula is C33H36ClN3O5. The van der Waals surface area contributed by atoms with Gasteiger partial charge in [0, 0.05) is 41.6 Å². The summed E-state index contributed by atoms with van der Waals surface area (Å²) in [5, 5.41) is 20.3. The smallest absolute Gasteiger partial charge is 0.336 e. The molecular weight excluding hydrogens is 554 g/mol. The zero-order valence-electron chi connectivity index (χ0n) is 23.9. The van der Waals surface area contributed by atoms with Crippen molar-refractivity contribution in [2.45, 2.75) is 39.0 Å². The molecule has 0 radical (unpaired) electrons. The van der Waals surface area contributed by atoms with E-state index in [0.717, 1.165) is 16.7 Å². The van der Waals surface area contributed by atoms with Crippen LogP contribution in [-0.2, 0) is 27.4 Å². The molecule has 2 atom stereocenters. The lowest BCUT2D eigenvalue weighted by molar-refractivity contribution is -0.136. The van der Waals surface area contributed by atoms with E-state index in [0.29, 0.717) is 52.9 Å². The van der Waals surface area contributed by atoms with Crippen LogP contribution in [-0.4, -0.2) is 43.3 Å². The van der Waals surface area contributed by atoms with Gasteiger partial charge in [0.1, 0.15) is 18.5 Å². The number of amides is 1. The molecule has 0 aromatic heterocycles. The van der Waals surface area contributed by atoms with Crippen molar-refractivity contribution >= 4 is 23.5 Å². The Hall–Kier alpha value is -4.11. The largest absolute Gasteiger partial charge is 0.491 e. The van der Waals surface area contributed by atoms with Gasteiger partial charge in [0.2, 0.25) is 5.91 Å². The molecule has 0 fully saturated rings. The average molecular weight is 590 g/mol. The predicted octanol–water partition coefficient (Wildman–Crippen LogP) is 4.59. The third-order valence-corrected chi connectivity index (χ3v) is 7.20. The molecule has 1 amide bonds. The second-order valence-electron chi connectivity index (χ2n) is 10.1. The lowest BCUT2D eigenvalue weighted by atomic mass is 9.80. The lowest BCUT2D eigenvalue weighted by Crippen LogP contribution is -2.36. The molecule has 3 aromatic carbocycles. The monoisotopic (exact) mass is 589 g/mol. The summed E-state index contributed by atoms with van der Waals surface area (Å²) in [5.74, 6) is -0.703. The molecule has 0 bridgehead atoms. The number of aliphatic hydroxyl groups is 1. The van der Waals surface area contributed by atoms with Crippen molar-refractivity contribution in [3.8, 4) is 5.75 Å². The van der Waals surface area contributed by atoms with Gasteiger partial charge in [-0.25, -0.2) is 4.79 Å². The van der Waals surface area contributed by atoms with Gasteiger partial charge in [0.25, 0.3) is 0 Å². The zero-order chi connectivity index (χ0) is 30.1. The van der Waals surface area contributed by atoms with Gasteiger partial charge in [-0.1, -0.05) is 66.2 Å². The highest BCUT2D eigenvalue weighted by Crippen LogP contribution is 2.39. The number of para-hydroxylation sites is 1. The molecule has 0 aliphatic carbocycles. The predicted molar refractivity (Wildman–Crippen MR) is 163 cm³/mol. The summed E-state index contributed by atoms with van der Waals surface area (Å²) in [4.78, 5) is 26.5. The van der Waals surface area contributed by atoms with E-state index in [2.05, 4.69) is 16.0 Å². The van der Waals surface area contributed by atoms with Crippen molar-refractivity contribution in [2.24, 2.45) is 0 Å². The summed E-state index contributed by atoms with van der Waals surface area (Å²) >= 11 is 6.12. The first-order valence-electron chi connectivity index (χ1n) is 13.7. The fourth-order valence-corrected chi connectivity index (χ4v) is 5.07. The van der Waals surface area contributed by atoms with Crippen LogP contribution in [0.5, 0.6) is 5.75 Å². The standard InChI is InChI=1S/C33H36ClN3O5/c1-21-29(31(25-12-14-26(34)15-13-25)30(22(2)37-21)33(40)41-3)32(39)36-18-24-9-7-8-23(16-24)17-35-19-27(38)20-42-28-10-5-4-6-11-28/h4-16,27,31,35,37-38H,17-20H2,1-3H3,(H,36,39). The highest BCUT2D eigenvalue weighted by Gasteiger charge is 2.36. The number of carbonyl (C=O) groups excluding carboxylic acids is 2. The normalized spacial score (nSPS) is 15.6. The number of aliphatic hydroxyl groups excluding tert-OH is 1. The molecule has 4 rings (SSSR count). The molecule has 8 nitrogen and oxygen atoms in total. The molecule has 220 valence electrons. The fourth-order valence-electron chi connectivity index (χ4n) is 4.94. The number of benzene rings is 3. The first-order chi connectivity index (χ1) is 20.3. The van der Waals surface area contributed by atoms with Crippen molar-refractivity contribution in [2.75, 3.05) is 20.3 Å². The van der Waals surface area contributed by atoms with Crippen LogP contribution in [0.2, 0.25) is 5.02 Å². The maximum absolute atomic E-state index is 13.6. The van der Waals surface area contributed by atoms with Crippen molar-refractivity contribution in [1.82, 2.24) is 16.0 Å². The van der Waals surface area contributed by atoms with E-state index in [9.17, 15) is 14.7 Å². The summed E-state index contributed by atoms with van der Waals surface area (Å²) in [6.07, 6.45) is -0.658. The quantitative estimate of drug-likeness (QED) is 0.229. The number of esters is 1. The Labute approximate surface area is 251 Å². The Balaban J connectivity index is 1.38. The number of nitrogens with one attached hydrogen (secondary N) is 3. The van der Waals surface area contributed by atoms with Crippen LogP contribution in [0.4, 0.5) is 0 Å². The van der Waals surface area contributed by atoms with E-state index >= 15 is 0 Å². The molecule has 9 heteroatoms. The zero-order valence-corrected chi connectivity index (χ0v) is 24.7. The van der Waals surface area contributed by atoms with E-state index in [4.69, 9.17) is 21.1 Å². The van der Waals surface area contributed by atoms with Crippen LogP contribution in [0.1, 0.15) is 36.5 Å². The maximum atomic E-state index is 13.6. The van der Waals surface area contributed by atoms with Gasteiger partial charge < -0.3 is 30.5 Å².